The monoisotopic (exact) mass is 427 g/mol. The molecule has 2 aromatic carbocycles. The maximum absolute atomic E-state index is 13.5. The van der Waals surface area contributed by atoms with Crippen LogP contribution in [0.4, 0.5) is 0 Å². The summed E-state index contributed by atoms with van der Waals surface area (Å²) in [6, 6.07) is 20.5. The molecule has 1 saturated carbocycles. The number of carbonyl (C=O) groups excluding carboxylic acids is 1. The van der Waals surface area contributed by atoms with Crippen molar-refractivity contribution in [2.75, 3.05) is 0 Å². The molecular weight excluding hydrogens is 402 g/mol. The predicted molar refractivity (Wildman–Crippen MR) is 122 cm³/mol. The molecule has 1 fully saturated rings. The molecule has 0 N–H and O–H groups in total. The number of benzene rings is 2. The first-order chi connectivity index (χ1) is 15.6. The highest BCUT2D eigenvalue weighted by Gasteiger charge is 2.37. The van der Waals surface area contributed by atoms with Crippen LogP contribution < -0.4 is 5.56 Å². The van der Waals surface area contributed by atoms with Crippen LogP contribution >= 0.6 is 0 Å². The van der Waals surface area contributed by atoms with Crippen molar-refractivity contribution in [1.82, 2.24) is 14.5 Å². The standard InChI is InChI=1S/C26H25N3O3/c1-18(28(25(30)20-13-14-20)17-21-10-7-15-32-21)24-27-23-12-6-5-11-22(23)26(31)29(24)16-19-8-3-2-4-9-19/h2-12,15,18,20H,13-14,16-17H2,1H3. The van der Waals surface area contributed by atoms with E-state index in [0.717, 1.165) is 18.4 Å². The normalized spacial score (nSPS) is 14.4. The van der Waals surface area contributed by atoms with Gasteiger partial charge in [-0.1, -0.05) is 42.5 Å². The van der Waals surface area contributed by atoms with E-state index in [0.29, 0.717) is 35.6 Å². The molecule has 0 radical (unpaired) electrons. The van der Waals surface area contributed by atoms with Crippen LogP contribution in [0.25, 0.3) is 10.9 Å². The Balaban J connectivity index is 1.62. The molecule has 1 amide bonds. The highest BCUT2D eigenvalue weighted by molar-refractivity contribution is 5.81. The van der Waals surface area contributed by atoms with E-state index in [1.165, 1.54) is 0 Å². The molecule has 0 bridgehead atoms. The highest BCUT2D eigenvalue weighted by atomic mass is 16.3. The lowest BCUT2D eigenvalue weighted by Gasteiger charge is -2.30. The Labute approximate surface area is 186 Å². The largest absolute Gasteiger partial charge is 0.467 e. The average Bonchev–Trinajstić information content (AvgIpc) is 3.55. The van der Waals surface area contributed by atoms with Gasteiger partial charge in [-0.05, 0) is 49.6 Å². The van der Waals surface area contributed by atoms with Gasteiger partial charge in [0.2, 0.25) is 5.91 Å². The van der Waals surface area contributed by atoms with Gasteiger partial charge in [0.1, 0.15) is 11.6 Å². The highest BCUT2D eigenvalue weighted by Crippen LogP contribution is 2.35. The van der Waals surface area contributed by atoms with Crippen molar-refractivity contribution in [3.8, 4) is 0 Å². The van der Waals surface area contributed by atoms with E-state index in [4.69, 9.17) is 9.40 Å². The topological polar surface area (TPSA) is 68.3 Å². The van der Waals surface area contributed by atoms with Crippen LogP contribution in [0.1, 0.15) is 43.0 Å². The number of hydrogen-bond acceptors (Lipinski definition) is 4. The van der Waals surface area contributed by atoms with Crippen LogP contribution in [-0.4, -0.2) is 20.4 Å². The summed E-state index contributed by atoms with van der Waals surface area (Å²) in [5.74, 6) is 1.42. The van der Waals surface area contributed by atoms with Crippen LogP contribution in [0, 0.1) is 5.92 Å². The number of amides is 1. The fourth-order valence-electron chi connectivity index (χ4n) is 4.10. The lowest BCUT2D eigenvalue weighted by atomic mass is 10.1. The van der Waals surface area contributed by atoms with Crippen LogP contribution in [0.2, 0.25) is 0 Å². The number of hydrogen-bond donors (Lipinski definition) is 0. The zero-order valence-corrected chi connectivity index (χ0v) is 18.0. The quantitative estimate of drug-likeness (QED) is 0.434. The Bertz CT molecular complexity index is 1290. The van der Waals surface area contributed by atoms with Crippen molar-refractivity contribution in [3.05, 3.63) is 100 Å². The number of aromatic nitrogens is 2. The molecule has 0 saturated heterocycles. The van der Waals surface area contributed by atoms with Gasteiger partial charge in [-0.3, -0.25) is 14.2 Å². The van der Waals surface area contributed by atoms with Crippen molar-refractivity contribution in [3.63, 3.8) is 0 Å². The van der Waals surface area contributed by atoms with Gasteiger partial charge in [0.15, 0.2) is 0 Å². The fourth-order valence-corrected chi connectivity index (χ4v) is 4.10. The first-order valence-electron chi connectivity index (χ1n) is 11.0. The van der Waals surface area contributed by atoms with Crippen molar-refractivity contribution in [1.29, 1.82) is 0 Å². The molecule has 1 unspecified atom stereocenters. The number of fused-ring (bicyclic) bond motifs is 1. The summed E-state index contributed by atoms with van der Waals surface area (Å²) in [6.07, 6.45) is 3.42. The number of furan rings is 1. The van der Waals surface area contributed by atoms with Crippen molar-refractivity contribution < 1.29 is 9.21 Å². The Kier molecular flexibility index (Phi) is 5.35. The van der Waals surface area contributed by atoms with Gasteiger partial charge in [0.25, 0.3) is 5.56 Å². The molecular formula is C26H25N3O3. The van der Waals surface area contributed by atoms with E-state index in [1.54, 1.807) is 21.8 Å². The Hall–Kier alpha value is -3.67. The fraction of sp³-hybridized carbons (Fsp3) is 0.269. The zero-order valence-electron chi connectivity index (χ0n) is 18.0. The first-order valence-corrected chi connectivity index (χ1v) is 11.0. The number of rotatable bonds is 7. The Morgan fingerprint density at radius 1 is 1.09 bits per heavy atom. The molecule has 1 aliphatic rings. The van der Waals surface area contributed by atoms with Gasteiger partial charge >= 0.3 is 0 Å². The predicted octanol–water partition coefficient (Wildman–Crippen LogP) is 4.54. The van der Waals surface area contributed by atoms with E-state index in [1.807, 2.05) is 67.6 Å². The Morgan fingerprint density at radius 3 is 2.56 bits per heavy atom. The first kappa shape index (κ1) is 20.2. The SMILES string of the molecule is CC(c1nc2ccccc2c(=O)n1Cc1ccccc1)N(Cc1ccco1)C(=O)C1CC1. The minimum absolute atomic E-state index is 0.0437. The van der Waals surface area contributed by atoms with E-state index < -0.39 is 6.04 Å². The average molecular weight is 428 g/mol. The van der Waals surface area contributed by atoms with Gasteiger partial charge < -0.3 is 9.32 Å². The lowest BCUT2D eigenvalue weighted by molar-refractivity contribution is -0.136. The van der Waals surface area contributed by atoms with Crippen LogP contribution in [0.5, 0.6) is 0 Å². The summed E-state index contributed by atoms with van der Waals surface area (Å²) in [5, 5.41) is 0.575. The third-order valence-corrected chi connectivity index (χ3v) is 6.03. The Morgan fingerprint density at radius 2 is 1.84 bits per heavy atom. The molecule has 6 heteroatoms. The number of nitrogens with zero attached hydrogens (tertiary/aromatic N) is 3. The van der Waals surface area contributed by atoms with Gasteiger partial charge in [0, 0.05) is 5.92 Å². The third-order valence-electron chi connectivity index (χ3n) is 6.03. The number of para-hydroxylation sites is 1. The second kappa shape index (κ2) is 8.46. The number of carbonyl (C=O) groups is 1. The molecule has 1 atom stereocenters. The molecule has 0 spiro atoms. The second-order valence-corrected chi connectivity index (χ2v) is 8.36. The molecule has 4 aromatic rings. The molecule has 32 heavy (non-hydrogen) atoms. The summed E-state index contributed by atoms with van der Waals surface area (Å²) in [7, 11) is 0. The van der Waals surface area contributed by atoms with Crippen LogP contribution in [0.3, 0.4) is 0 Å². The molecule has 162 valence electrons. The molecule has 2 heterocycles. The van der Waals surface area contributed by atoms with Gasteiger partial charge in [0.05, 0.1) is 36.3 Å². The van der Waals surface area contributed by atoms with E-state index >= 15 is 0 Å². The molecule has 5 rings (SSSR count). The third kappa shape index (κ3) is 3.96. The van der Waals surface area contributed by atoms with Crippen molar-refractivity contribution in [2.24, 2.45) is 5.92 Å². The van der Waals surface area contributed by atoms with Crippen molar-refractivity contribution >= 4 is 16.8 Å². The summed E-state index contributed by atoms with van der Waals surface area (Å²) in [6.45, 7) is 2.68. The minimum atomic E-state index is -0.394. The summed E-state index contributed by atoms with van der Waals surface area (Å²) < 4.78 is 7.24. The van der Waals surface area contributed by atoms with E-state index in [2.05, 4.69) is 0 Å². The van der Waals surface area contributed by atoms with Crippen LogP contribution in [-0.2, 0) is 17.9 Å². The van der Waals surface area contributed by atoms with E-state index in [-0.39, 0.29) is 17.4 Å². The summed E-state index contributed by atoms with van der Waals surface area (Å²) in [5.41, 5.74) is 1.55. The van der Waals surface area contributed by atoms with Gasteiger partial charge in [-0.2, -0.15) is 0 Å². The van der Waals surface area contributed by atoms with Crippen molar-refractivity contribution in [2.45, 2.75) is 38.9 Å². The van der Waals surface area contributed by atoms with Crippen LogP contribution in [0.15, 0.2) is 82.2 Å². The summed E-state index contributed by atoms with van der Waals surface area (Å²) >= 11 is 0. The van der Waals surface area contributed by atoms with E-state index in [9.17, 15) is 9.59 Å². The lowest BCUT2D eigenvalue weighted by Crippen LogP contribution is -2.38. The molecule has 6 nitrogen and oxygen atoms in total. The maximum Gasteiger partial charge on any atom is 0.261 e. The summed E-state index contributed by atoms with van der Waals surface area (Å²) in [4.78, 5) is 33.4. The molecule has 1 aliphatic carbocycles. The second-order valence-electron chi connectivity index (χ2n) is 8.36. The molecule has 0 aliphatic heterocycles. The molecule has 2 aromatic heterocycles. The van der Waals surface area contributed by atoms with Gasteiger partial charge in [-0.15, -0.1) is 0 Å². The minimum Gasteiger partial charge on any atom is -0.467 e. The van der Waals surface area contributed by atoms with Gasteiger partial charge in [-0.25, -0.2) is 4.98 Å². The smallest absolute Gasteiger partial charge is 0.261 e. The maximum atomic E-state index is 13.5. The zero-order chi connectivity index (χ0) is 22.1.